The minimum atomic E-state index is -2.34. The molecule has 66 heavy (non-hydrogen) atoms. The Balaban J connectivity index is 1.73. The van der Waals surface area contributed by atoms with E-state index in [0.717, 1.165) is 43.3 Å². The molecule has 0 radical (unpaired) electrons. The number of nitrogens with zero attached hydrogens (tertiary/aromatic N) is 1. The summed E-state index contributed by atoms with van der Waals surface area (Å²) in [5, 5.41) is 12.0. The number of rotatable bonds is 6. The first-order chi connectivity index (χ1) is 31.1. The summed E-state index contributed by atoms with van der Waals surface area (Å²) in [5.74, 6) is -3.67. The van der Waals surface area contributed by atoms with E-state index in [-0.39, 0.29) is 53.9 Å². The maximum atomic E-state index is 14.7. The van der Waals surface area contributed by atoms with Crippen molar-refractivity contribution < 1.29 is 43.2 Å². The summed E-state index contributed by atoms with van der Waals surface area (Å²) in [6, 6.07) is -0.950. The Morgan fingerprint density at radius 3 is 2.24 bits per heavy atom. The van der Waals surface area contributed by atoms with E-state index in [1.807, 2.05) is 25.2 Å². The molecule has 2 saturated heterocycles. The molecule has 1 aliphatic carbocycles. The summed E-state index contributed by atoms with van der Waals surface area (Å²) in [4.78, 5) is 44.7. The quantitative estimate of drug-likeness (QED) is 0.158. The highest BCUT2D eigenvalue weighted by molar-refractivity contribution is 6.39. The number of piperidine rings is 1. The van der Waals surface area contributed by atoms with Gasteiger partial charge in [-0.15, -0.1) is 0 Å². The van der Waals surface area contributed by atoms with E-state index in [1.165, 1.54) is 10.5 Å². The summed E-state index contributed by atoms with van der Waals surface area (Å²) in [5.41, 5.74) is 3.00. The van der Waals surface area contributed by atoms with Crippen LogP contribution in [0.2, 0.25) is 0 Å². The second kappa shape index (κ2) is 25.1. The Morgan fingerprint density at radius 2 is 1.58 bits per heavy atom. The largest absolute Gasteiger partial charge is 0.461 e. The second-order valence-corrected chi connectivity index (χ2v) is 22.0. The molecule has 1 amide bonds. The normalized spacial score (nSPS) is 40.8. The molecular formula is C56H91NO9. The lowest BCUT2D eigenvalue weighted by Crippen LogP contribution is -2.61. The number of Topliss-reactive ketones (excluding diaryl/α,β-unsaturated/α-hetero) is 1. The summed E-state index contributed by atoms with van der Waals surface area (Å²) in [6.45, 7) is 28.6. The third-order valence-electron chi connectivity index (χ3n) is 16.5. The van der Waals surface area contributed by atoms with Crippen LogP contribution >= 0.6 is 0 Å². The maximum absolute atomic E-state index is 14.7. The topological polar surface area (TPSA) is 121 Å². The Kier molecular flexibility index (Phi) is 21.2. The molecule has 4 aliphatic rings. The van der Waals surface area contributed by atoms with E-state index in [9.17, 15) is 19.5 Å². The van der Waals surface area contributed by atoms with Crippen molar-refractivity contribution in [3.8, 4) is 0 Å². The van der Waals surface area contributed by atoms with E-state index in [1.54, 1.807) is 28.3 Å². The number of fused-ring (bicyclic) bond motifs is 3. The first-order valence-electron chi connectivity index (χ1n) is 25.5. The lowest BCUT2D eigenvalue weighted by Gasteiger charge is -2.43. The highest BCUT2D eigenvalue weighted by atomic mass is 16.6. The van der Waals surface area contributed by atoms with Crippen LogP contribution in [0.4, 0.5) is 0 Å². The number of cyclic esters (lactones) is 1. The van der Waals surface area contributed by atoms with E-state index in [0.29, 0.717) is 62.7 Å². The number of aliphatic hydroxyl groups is 1. The number of ketones is 1. The van der Waals surface area contributed by atoms with Gasteiger partial charge in [0.15, 0.2) is 0 Å². The Hall–Kier alpha value is -2.89. The lowest BCUT2D eigenvalue weighted by atomic mass is 9.70. The molecule has 374 valence electrons. The smallest absolute Gasteiger partial charge is 0.329 e. The summed E-state index contributed by atoms with van der Waals surface area (Å²) in [7, 11) is 5.22. The summed E-state index contributed by atoms with van der Waals surface area (Å²) < 4.78 is 30.9. The van der Waals surface area contributed by atoms with Gasteiger partial charge >= 0.3 is 5.97 Å². The molecule has 3 heterocycles. The lowest BCUT2D eigenvalue weighted by molar-refractivity contribution is -0.265. The average molecular weight is 922 g/mol. The van der Waals surface area contributed by atoms with Gasteiger partial charge in [-0.3, -0.25) is 9.59 Å². The predicted octanol–water partition coefficient (Wildman–Crippen LogP) is 11.2. The van der Waals surface area contributed by atoms with Crippen molar-refractivity contribution in [3.05, 3.63) is 59.8 Å². The van der Waals surface area contributed by atoms with Crippen LogP contribution in [0, 0.1) is 52.8 Å². The molecule has 1 N–H and O–H groups in total. The van der Waals surface area contributed by atoms with Crippen molar-refractivity contribution in [1.82, 2.24) is 4.90 Å². The van der Waals surface area contributed by atoms with Crippen LogP contribution in [0.5, 0.6) is 0 Å². The summed E-state index contributed by atoms with van der Waals surface area (Å²) in [6.07, 6.45) is 20.2. The SMILES string of the molecule is C=C1[C@H](C)C[C@H](C)/C=C/C=C/C=C(\C)[C@@H](OC)C[C@@H]2CC[C@@H](C)[C@@](O)(O2)C(=O)C(=O)N2CCCC[C@H]2C(=O)O[C@H]([C@H](C)C[C@@H]2CC[C@@H](C)[C@H](OC)C2)CC(C)(C)[C@H](C)/C=C(\C)[C@@H](C)[C@H]1OC. The molecule has 3 fully saturated rings. The first-order valence-corrected chi connectivity index (χ1v) is 25.5. The number of amides is 1. The molecular weight excluding hydrogens is 831 g/mol. The van der Waals surface area contributed by atoms with Crippen molar-refractivity contribution in [3.63, 3.8) is 0 Å². The number of carbonyl (C=O) groups is 3. The van der Waals surface area contributed by atoms with Crippen molar-refractivity contribution >= 4 is 17.7 Å². The fourth-order valence-corrected chi connectivity index (χ4v) is 11.2. The van der Waals surface area contributed by atoms with Crippen LogP contribution in [0.15, 0.2) is 59.8 Å². The fourth-order valence-electron chi connectivity index (χ4n) is 11.2. The van der Waals surface area contributed by atoms with Gasteiger partial charge in [-0.2, -0.15) is 0 Å². The molecule has 2 bridgehead atoms. The van der Waals surface area contributed by atoms with Gasteiger partial charge in [-0.1, -0.05) is 111 Å². The molecule has 0 aromatic rings. The van der Waals surface area contributed by atoms with Gasteiger partial charge in [0.25, 0.3) is 11.7 Å². The zero-order chi connectivity index (χ0) is 49.1. The van der Waals surface area contributed by atoms with Gasteiger partial charge < -0.3 is 33.7 Å². The predicted molar refractivity (Wildman–Crippen MR) is 264 cm³/mol. The second-order valence-electron chi connectivity index (χ2n) is 22.0. The van der Waals surface area contributed by atoms with Crippen molar-refractivity contribution in [2.75, 3.05) is 27.9 Å². The van der Waals surface area contributed by atoms with Crippen LogP contribution < -0.4 is 0 Å². The summed E-state index contributed by atoms with van der Waals surface area (Å²) >= 11 is 0. The monoisotopic (exact) mass is 922 g/mol. The number of carbonyl (C=O) groups excluding carboxylic acids is 3. The van der Waals surface area contributed by atoms with Crippen molar-refractivity contribution in [2.45, 2.75) is 196 Å². The Bertz CT molecular complexity index is 1750. The maximum Gasteiger partial charge on any atom is 0.329 e. The van der Waals surface area contributed by atoms with Gasteiger partial charge in [0.05, 0.1) is 24.4 Å². The number of esters is 1. The van der Waals surface area contributed by atoms with Gasteiger partial charge in [0.2, 0.25) is 5.79 Å². The number of allylic oxidation sites excluding steroid dienone is 6. The molecule has 0 unspecified atom stereocenters. The minimum absolute atomic E-state index is 0.0265. The molecule has 10 heteroatoms. The van der Waals surface area contributed by atoms with Gasteiger partial charge in [-0.25, -0.2) is 4.79 Å². The molecule has 1 saturated carbocycles. The van der Waals surface area contributed by atoms with Gasteiger partial charge in [0.1, 0.15) is 12.1 Å². The van der Waals surface area contributed by atoms with E-state index in [2.05, 4.69) is 87.1 Å². The van der Waals surface area contributed by atoms with Crippen LogP contribution in [0.1, 0.15) is 153 Å². The zero-order valence-corrected chi connectivity index (χ0v) is 43.6. The van der Waals surface area contributed by atoms with Crippen LogP contribution in [-0.4, -0.2) is 97.9 Å². The van der Waals surface area contributed by atoms with Gasteiger partial charge in [0, 0.05) is 46.1 Å². The molecule has 3 aliphatic heterocycles. The standard InChI is InChI=1S/C56H91NO9/c1-35-21-17-16-18-22-36(2)49(63-14)33-46-27-25-41(7)56(61,66-46)52(58)53(59)57-28-20-19-23-47(57)54(60)65-50(40(6)31-45-26-24-37(3)48(32-45)62-13)34-55(11,12)42(8)30-39(5)44(10)51(64-15)43(9)38(4)29-35/h16-18,21-22,30,35,37-38,40-42,44-51,61H,9,19-20,23-29,31-34H2,1-8,10-15H3/b18-16+,21-17+,36-22+,39-30+/t35-,37-,38-,40-,41-,42-,44-,45+,46+,47+,48-,49+,50+,51+,56-/m1/s1. The number of methoxy groups -OCH3 is 3. The molecule has 4 rings (SSSR count). The number of ether oxygens (including phenoxy) is 5. The number of hydrogen-bond acceptors (Lipinski definition) is 9. The van der Waals surface area contributed by atoms with Gasteiger partial charge in [-0.05, 0) is 137 Å². The first kappa shape index (κ1) is 55.7. The van der Waals surface area contributed by atoms with Crippen LogP contribution in [0.3, 0.4) is 0 Å². The Morgan fingerprint density at radius 1 is 0.864 bits per heavy atom. The molecule has 0 aromatic heterocycles. The van der Waals surface area contributed by atoms with E-state index >= 15 is 0 Å². The van der Waals surface area contributed by atoms with Crippen LogP contribution in [-0.2, 0) is 38.1 Å². The minimum Gasteiger partial charge on any atom is -0.461 e. The molecule has 0 spiro atoms. The molecule has 15 atom stereocenters. The average Bonchev–Trinajstić information content (AvgIpc) is 3.28. The highest BCUT2D eigenvalue weighted by Gasteiger charge is 2.53. The van der Waals surface area contributed by atoms with Crippen molar-refractivity contribution in [2.24, 2.45) is 52.8 Å². The van der Waals surface area contributed by atoms with Crippen LogP contribution in [0.25, 0.3) is 0 Å². The zero-order valence-electron chi connectivity index (χ0n) is 43.6. The number of hydrogen-bond donors (Lipinski definition) is 1. The third-order valence-corrected chi connectivity index (χ3v) is 16.5. The molecule has 10 nitrogen and oxygen atoms in total. The highest BCUT2D eigenvalue weighted by Crippen LogP contribution is 2.42. The van der Waals surface area contributed by atoms with Crippen molar-refractivity contribution in [1.29, 1.82) is 0 Å². The Labute approximate surface area is 400 Å². The van der Waals surface area contributed by atoms with E-state index in [4.69, 9.17) is 23.7 Å². The molecule has 0 aromatic carbocycles. The fraction of sp³-hybridized carbons (Fsp3) is 0.768. The third kappa shape index (κ3) is 14.3. The van der Waals surface area contributed by atoms with E-state index < -0.39 is 47.6 Å².